The Balaban J connectivity index is 1.93. The number of alkyl halides is 2. The molecule has 0 aliphatic carbocycles. The molecule has 0 radical (unpaired) electrons. The Bertz CT molecular complexity index is 729. The van der Waals surface area contributed by atoms with E-state index in [0.717, 1.165) is 11.3 Å². The number of amides is 1. The van der Waals surface area contributed by atoms with Gasteiger partial charge in [0.25, 0.3) is 6.43 Å². The third kappa shape index (κ3) is 4.82. The normalized spacial score (nSPS) is 10.9. The highest BCUT2D eigenvalue weighted by atomic mass is 32.1. The maximum absolute atomic E-state index is 12.6. The molecule has 1 N–H and O–H groups in total. The Morgan fingerprint density at radius 3 is 2.83 bits per heavy atom. The van der Waals surface area contributed by atoms with Gasteiger partial charge >= 0.3 is 5.97 Å². The molecule has 1 amide bonds. The summed E-state index contributed by atoms with van der Waals surface area (Å²) in [5.41, 5.74) is 0.581. The molecule has 7 nitrogen and oxygen atoms in total. The van der Waals surface area contributed by atoms with Crippen molar-refractivity contribution in [3.63, 3.8) is 0 Å². The van der Waals surface area contributed by atoms with Gasteiger partial charge in [-0.1, -0.05) is 0 Å². The van der Waals surface area contributed by atoms with Crippen LogP contribution in [0.1, 0.15) is 30.4 Å². The molecular formula is C14H16F2N4O3S. The maximum atomic E-state index is 12.6. The van der Waals surface area contributed by atoms with Gasteiger partial charge in [-0.25, -0.2) is 13.8 Å². The van der Waals surface area contributed by atoms with Crippen LogP contribution < -0.4 is 5.32 Å². The lowest BCUT2D eigenvalue weighted by Gasteiger charge is -2.04. The van der Waals surface area contributed by atoms with Gasteiger partial charge in [0.1, 0.15) is 12.2 Å². The first-order chi connectivity index (χ1) is 11.4. The molecule has 0 aliphatic rings. The van der Waals surface area contributed by atoms with Gasteiger partial charge in [-0.05, 0) is 19.9 Å². The fraction of sp³-hybridized carbons (Fsp3) is 0.429. The van der Waals surface area contributed by atoms with E-state index >= 15 is 0 Å². The van der Waals surface area contributed by atoms with Crippen molar-refractivity contribution >= 4 is 28.3 Å². The van der Waals surface area contributed by atoms with E-state index in [1.54, 1.807) is 19.2 Å². The van der Waals surface area contributed by atoms with E-state index in [-0.39, 0.29) is 25.3 Å². The summed E-state index contributed by atoms with van der Waals surface area (Å²) in [6, 6.07) is 1.23. The zero-order valence-corrected chi connectivity index (χ0v) is 13.9. The molecule has 0 fully saturated rings. The molecule has 2 rings (SSSR count). The Morgan fingerprint density at radius 1 is 1.46 bits per heavy atom. The second kappa shape index (κ2) is 7.95. The van der Waals surface area contributed by atoms with Gasteiger partial charge in [-0.3, -0.25) is 14.3 Å². The minimum absolute atomic E-state index is 0.0240. The molecule has 2 aromatic rings. The number of nitrogens with one attached hydrogen (secondary N) is 1. The molecule has 0 aromatic carbocycles. The van der Waals surface area contributed by atoms with Crippen molar-refractivity contribution in [3.8, 4) is 0 Å². The van der Waals surface area contributed by atoms with Crippen LogP contribution in [-0.4, -0.2) is 33.2 Å². The highest BCUT2D eigenvalue weighted by Gasteiger charge is 2.16. The van der Waals surface area contributed by atoms with Crippen LogP contribution in [0.5, 0.6) is 0 Å². The number of carbonyl (C=O) groups excluding carboxylic acids is 2. The SMILES string of the molecule is CCOC(=O)Cc1csc(NC(=O)Cn2nc(C(F)F)cc2C)n1. The summed E-state index contributed by atoms with van der Waals surface area (Å²) in [7, 11) is 0. The summed E-state index contributed by atoms with van der Waals surface area (Å²) in [6.07, 6.45) is -2.66. The number of aryl methyl sites for hydroxylation is 1. The number of hydrogen-bond donors (Lipinski definition) is 1. The summed E-state index contributed by atoms with van der Waals surface area (Å²) in [4.78, 5) is 27.4. The van der Waals surface area contributed by atoms with Crippen LogP contribution in [0.4, 0.5) is 13.9 Å². The topological polar surface area (TPSA) is 86.1 Å². The molecule has 2 heterocycles. The molecular weight excluding hydrogens is 342 g/mol. The van der Waals surface area contributed by atoms with E-state index in [1.165, 1.54) is 10.7 Å². The number of anilines is 1. The first-order valence-corrected chi connectivity index (χ1v) is 7.99. The van der Waals surface area contributed by atoms with E-state index < -0.39 is 18.3 Å². The third-order valence-corrected chi connectivity index (χ3v) is 3.75. The van der Waals surface area contributed by atoms with Crippen molar-refractivity contribution < 1.29 is 23.1 Å². The van der Waals surface area contributed by atoms with Gasteiger partial charge < -0.3 is 10.1 Å². The lowest BCUT2D eigenvalue weighted by atomic mass is 10.3. The molecule has 24 heavy (non-hydrogen) atoms. The van der Waals surface area contributed by atoms with Crippen molar-refractivity contribution in [2.24, 2.45) is 0 Å². The Hall–Kier alpha value is -2.36. The molecule has 0 saturated carbocycles. The number of aromatic nitrogens is 3. The minimum atomic E-state index is -2.68. The lowest BCUT2D eigenvalue weighted by Crippen LogP contribution is -2.20. The number of thiazole rings is 1. The van der Waals surface area contributed by atoms with Gasteiger partial charge in [-0.15, -0.1) is 11.3 Å². The molecule has 0 bridgehead atoms. The molecule has 2 aromatic heterocycles. The Kier molecular flexibility index (Phi) is 5.96. The summed E-state index contributed by atoms with van der Waals surface area (Å²) in [5, 5.41) is 8.19. The molecule has 0 saturated heterocycles. The average Bonchev–Trinajstić information content (AvgIpc) is 3.07. The minimum Gasteiger partial charge on any atom is -0.466 e. The van der Waals surface area contributed by atoms with E-state index in [4.69, 9.17) is 4.74 Å². The monoisotopic (exact) mass is 358 g/mol. The lowest BCUT2D eigenvalue weighted by molar-refractivity contribution is -0.142. The second-order valence-corrected chi connectivity index (χ2v) is 5.70. The number of nitrogens with zero attached hydrogens (tertiary/aromatic N) is 3. The van der Waals surface area contributed by atoms with Crippen LogP contribution in [0.15, 0.2) is 11.4 Å². The highest BCUT2D eigenvalue weighted by Crippen LogP contribution is 2.19. The number of rotatable bonds is 7. The Morgan fingerprint density at radius 2 is 2.21 bits per heavy atom. The molecule has 0 atom stereocenters. The highest BCUT2D eigenvalue weighted by molar-refractivity contribution is 7.13. The number of carbonyl (C=O) groups is 2. The number of esters is 1. The van der Waals surface area contributed by atoms with Crippen LogP contribution in [0.3, 0.4) is 0 Å². The predicted molar refractivity (Wildman–Crippen MR) is 83.0 cm³/mol. The fourth-order valence-corrected chi connectivity index (χ4v) is 2.63. The van der Waals surface area contributed by atoms with E-state index in [1.807, 2.05) is 0 Å². The van der Waals surface area contributed by atoms with Crippen LogP contribution in [0.2, 0.25) is 0 Å². The van der Waals surface area contributed by atoms with Crippen molar-refractivity contribution in [2.75, 3.05) is 11.9 Å². The van der Waals surface area contributed by atoms with Crippen LogP contribution >= 0.6 is 11.3 Å². The van der Waals surface area contributed by atoms with Crippen molar-refractivity contribution in [3.05, 3.63) is 28.5 Å². The zero-order chi connectivity index (χ0) is 17.7. The van der Waals surface area contributed by atoms with Gasteiger partial charge in [0, 0.05) is 11.1 Å². The second-order valence-electron chi connectivity index (χ2n) is 4.84. The van der Waals surface area contributed by atoms with Gasteiger partial charge in [0.05, 0.1) is 18.7 Å². The van der Waals surface area contributed by atoms with Crippen LogP contribution in [0.25, 0.3) is 0 Å². The van der Waals surface area contributed by atoms with Gasteiger partial charge in [-0.2, -0.15) is 5.10 Å². The standard InChI is InChI=1S/C14H16F2N4O3S/c1-3-23-12(22)5-9-7-24-14(17-9)18-11(21)6-20-8(2)4-10(19-20)13(15)16/h4,7,13H,3,5-6H2,1-2H3,(H,17,18,21). The zero-order valence-electron chi connectivity index (χ0n) is 13.1. The molecule has 10 heteroatoms. The largest absolute Gasteiger partial charge is 0.466 e. The smallest absolute Gasteiger partial charge is 0.311 e. The quantitative estimate of drug-likeness (QED) is 0.768. The Labute approximate surface area is 140 Å². The van der Waals surface area contributed by atoms with E-state index in [0.29, 0.717) is 16.5 Å². The molecule has 0 spiro atoms. The predicted octanol–water partition coefficient (Wildman–Crippen LogP) is 2.33. The summed E-state index contributed by atoms with van der Waals surface area (Å²) in [6.45, 7) is 3.38. The third-order valence-electron chi connectivity index (χ3n) is 2.95. The van der Waals surface area contributed by atoms with Crippen LogP contribution in [0, 0.1) is 6.92 Å². The summed E-state index contributed by atoms with van der Waals surface area (Å²) in [5.74, 6) is -0.841. The van der Waals surface area contributed by atoms with Gasteiger partial charge in [0.15, 0.2) is 5.13 Å². The summed E-state index contributed by atoms with van der Waals surface area (Å²) >= 11 is 1.16. The molecule has 0 unspecified atom stereocenters. The van der Waals surface area contributed by atoms with E-state index in [9.17, 15) is 18.4 Å². The van der Waals surface area contributed by atoms with Crippen LogP contribution in [-0.2, 0) is 27.3 Å². The van der Waals surface area contributed by atoms with Crippen molar-refractivity contribution in [2.45, 2.75) is 33.2 Å². The maximum Gasteiger partial charge on any atom is 0.311 e. The van der Waals surface area contributed by atoms with Crippen molar-refractivity contribution in [1.29, 1.82) is 0 Å². The van der Waals surface area contributed by atoms with E-state index in [2.05, 4.69) is 15.4 Å². The van der Waals surface area contributed by atoms with Gasteiger partial charge in [0.2, 0.25) is 5.91 Å². The first-order valence-electron chi connectivity index (χ1n) is 7.11. The summed E-state index contributed by atoms with van der Waals surface area (Å²) < 4.78 is 31.2. The number of hydrogen-bond acceptors (Lipinski definition) is 6. The number of halogens is 2. The molecule has 0 aliphatic heterocycles. The average molecular weight is 358 g/mol. The first kappa shape index (κ1) is 18.0. The number of ether oxygens (including phenoxy) is 1. The molecule has 130 valence electrons. The van der Waals surface area contributed by atoms with Crippen molar-refractivity contribution in [1.82, 2.24) is 14.8 Å². The fourth-order valence-electron chi connectivity index (χ4n) is 1.90.